The van der Waals surface area contributed by atoms with E-state index in [0.717, 1.165) is 19.4 Å². The van der Waals surface area contributed by atoms with Gasteiger partial charge < -0.3 is 16.0 Å². The van der Waals surface area contributed by atoms with Gasteiger partial charge in [0, 0.05) is 6.54 Å². The summed E-state index contributed by atoms with van der Waals surface area (Å²) in [5.41, 5.74) is 4.91. The molecule has 0 aliphatic heterocycles. The lowest BCUT2D eigenvalue weighted by Gasteiger charge is -2.25. The number of amides is 1. The van der Waals surface area contributed by atoms with Gasteiger partial charge in [-0.05, 0) is 46.8 Å². The topological polar surface area (TPSA) is 58.4 Å². The molecular formula is C12H25N3OS. The standard InChI is InChI=1S/C12H25N3OS/c1-5-12(2,10(13)17)11(16)14-8-6-7-9-15(3)4/h5-9H2,1-4H3,(H2,13,17)(H,14,16). The maximum Gasteiger partial charge on any atom is 0.232 e. The van der Waals surface area contributed by atoms with Crippen LogP contribution in [0, 0.1) is 5.41 Å². The highest BCUT2D eigenvalue weighted by Gasteiger charge is 2.33. The van der Waals surface area contributed by atoms with E-state index in [-0.39, 0.29) is 10.9 Å². The van der Waals surface area contributed by atoms with Crippen LogP contribution in [-0.2, 0) is 4.79 Å². The molecule has 1 atom stereocenters. The summed E-state index contributed by atoms with van der Waals surface area (Å²) >= 11 is 4.95. The maximum atomic E-state index is 11.9. The molecule has 0 rings (SSSR count). The highest BCUT2D eigenvalue weighted by atomic mass is 32.1. The Morgan fingerprint density at radius 1 is 1.41 bits per heavy atom. The number of hydrogen-bond donors (Lipinski definition) is 2. The van der Waals surface area contributed by atoms with E-state index in [1.54, 1.807) is 6.92 Å². The first-order valence-corrected chi connectivity index (χ1v) is 6.48. The molecule has 0 radical (unpaired) electrons. The monoisotopic (exact) mass is 259 g/mol. The third-order valence-electron chi connectivity index (χ3n) is 3.07. The van der Waals surface area contributed by atoms with E-state index in [1.165, 1.54) is 0 Å². The van der Waals surface area contributed by atoms with Crippen LogP contribution < -0.4 is 11.1 Å². The SMILES string of the molecule is CCC(C)(C(=O)NCCCCN(C)C)C(N)=S. The second kappa shape index (κ2) is 7.61. The van der Waals surface area contributed by atoms with Crippen LogP contribution in [0.15, 0.2) is 0 Å². The molecule has 0 heterocycles. The van der Waals surface area contributed by atoms with E-state index in [0.29, 0.717) is 13.0 Å². The Hall–Kier alpha value is -0.680. The van der Waals surface area contributed by atoms with Crippen LogP contribution in [0.5, 0.6) is 0 Å². The molecule has 1 unspecified atom stereocenters. The Bertz CT molecular complexity index is 268. The van der Waals surface area contributed by atoms with Crippen molar-refractivity contribution in [1.29, 1.82) is 0 Å². The van der Waals surface area contributed by atoms with Gasteiger partial charge in [-0.1, -0.05) is 19.1 Å². The van der Waals surface area contributed by atoms with Crippen LogP contribution in [0.4, 0.5) is 0 Å². The molecule has 0 aromatic heterocycles. The number of thiocarbonyl (C=S) groups is 1. The van der Waals surface area contributed by atoms with Crippen molar-refractivity contribution >= 4 is 23.1 Å². The molecule has 17 heavy (non-hydrogen) atoms. The summed E-state index contributed by atoms with van der Waals surface area (Å²) in [7, 11) is 4.08. The molecule has 0 aliphatic carbocycles. The van der Waals surface area contributed by atoms with Crippen molar-refractivity contribution in [3.63, 3.8) is 0 Å². The van der Waals surface area contributed by atoms with Gasteiger partial charge in [-0.3, -0.25) is 4.79 Å². The Morgan fingerprint density at radius 3 is 2.41 bits per heavy atom. The zero-order valence-corrected chi connectivity index (χ0v) is 12.2. The van der Waals surface area contributed by atoms with Gasteiger partial charge in [0.2, 0.25) is 5.91 Å². The lowest BCUT2D eigenvalue weighted by Crippen LogP contribution is -2.46. The number of unbranched alkanes of at least 4 members (excludes halogenated alkanes) is 1. The normalized spacial score (nSPS) is 14.4. The van der Waals surface area contributed by atoms with Crippen molar-refractivity contribution in [3.8, 4) is 0 Å². The van der Waals surface area contributed by atoms with Crippen molar-refractivity contribution < 1.29 is 4.79 Å². The van der Waals surface area contributed by atoms with Crippen molar-refractivity contribution in [2.24, 2.45) is 11.1 Å². The van der Waals surface area contributed by atoms with Crippen LogP contribution in [-0.4, -0.2) is 43.0 Å². The molecule has 0 aromatic carbocycles. The first-order valence-electron chi connectivity index (χ1n) is 6.07. The molecule has 5 heteroatoms. The number of nitrogens with two attached hydrogens (primary N) is 1. The molecule has 0 saturated carbocycles. The number of rotatable bonds is 8. The smallest absolute Gasteiger partial charge is 0.232 e. The Balaban J connectivity index is 3.97. The van der Waals surface area contributed by atoms with Gasteiger partial charge in [-0.2, -0.15) is 0 Å². The Morgan fingerprint density at radius 2 is 2.00 bits per heavy atom. The largest absolute Gasteiger partial charge is 0.392 e. The first kappa shape index (κ1) is 16.3. The molecule has 0 saturated heterocycles. The third-order valence-corrected chi connectivity index (χ3v) is 3.52. The van der Waals surface area contributed by atoms with Crippen molar-refractivity contribution in [2.75, 3.05) is 27.2 Å². The fourth-order valence-electron chi connectivity index (χ4n) is 1.40. The number of hydrogen-bond acceptors (Lipinski definition) is 3. The average Bonchev–Trinajstić information content (AvgIpc) is 2.26. The molecule has 100 valence electrons. The number of carbonyl (C=O) groups is 1. The third kappa shape index (κ3) is 5.46. The molecule has 0 spiro atoms. The summed E-state index contributed by atoms with van der Waals surface area (Å²) in [5.74, 6) is -0.0580. The van der Waals surface area contributed by atoms with E-state index in [4.69, 9.17) is 18.0 Å². The molecule has 0 fully saturated rings. The fourth-order valence-corrected chi connectivity index (χ4v) is 1.63. The Labute approximate surface area is 110 Å². The summed E-state index contributed by atoms with van der Waals surface area (Å²) in [5, 5.41) is 2.90. The molecule has 3 N–H and O–H groups in total. The van der Waals surface area contributed by atoms with Crippen LogP contribution >= 0.6 is 12.2 Å². The molecule has 0 aromatic rings. The quantitative estimate of drug-likeness (QED) is 0.507. The van der Waals surface area contributed by atoms with Crippen molar-refractivity contribution in [2.45, 2.75) is 33.1 Å². The van der Waals surface area contributed by atoms with Gasteiger partial charge in [-0.15, -0.1) is 0 Å². The van der Waals surface area contributed by atoms with Gasteiger partial charge in [-0.25, -0.2) is 0 Å². The molecule has 0 bridgehead atoms. The van der Waals surface area contributed by atoms with E-state index in [1.807, 2.05) is 21.0 Å². The molecule has 1 amide bonds. The van der Waals surface area contributed by atoms with Gasteiger partial charge in [0.1, 0.15) is 0 Å². The van der Waals surface area contributed by atoms with Crippen LogP contribution in [0.1, 0.15) is 33.1 Å². The minimum absolute atomic E-state index is 0.0580. The van der Waals surface area contributed by atoms with Crippen molar-refractivity contribution in [3.05, 3.63) is 0 Å². The fraction of sp³-hybridized carbons (Fsp3) is 0.833. The highest BCUT2D eigenvalue weighted by molar-refractivity contribution is 7.80. The number of nitrogens with zero attached hydrogens (tertiary/aromatic N) is 1. The minimum atomic E-state index is -0.711. The maximum absolute atomic E-state index is 11.9. The first-order chi connectivity index (χ1) is 7.84. The Kier molecular flexibility index (Phi) is 7.30. The van der Waals surface area contributed by atoms with Crippen molar-refractivity contribution in [1.82, 2.24) is 10.2 Å². The summed E-state index contributed by atoms with van der Waals surface area (Å²) in [6, 6.07) is 0. The second-order valence-corrected chi connectivity index (χ2v) is 5.26. The number of nitrogens with one attached hydrogen (secondary N) is 1. The van der Waals surface area contributed by atoms with E-state index >= 15 is 0 Å². The van der Waals surface area contributed by atoms with Gasteiger partial charge >= 0.3 is 0 Å². The summed E-state index contributed by atoms with van der Waals surface area (Å²) in [6.07, 6.45) is 2.68. The van der Waals surface area contributed by atoms with Gasteiger partial charge in [0.05, 0.1) is 10.4 Å². The number of carbonyl (C=O) groups excluding carboxylic acids is 1. The molecule has 4 nitrogen and oxygen atoms in total. The molecule has 0 aliphatic rings. The van der Waals surface area contributed by atoms with Gasteiger partial charge in [0.15, 0.2) is 0 Å². The predicted octanol–water partition coefficient (Wildman–Crippen LogP) is 1.15. The second-order valence-electron chi connectivity index (χ2n) is 4.82. The summed E-state index contributed by atoms with van der Waals surface area (Å²) in [4.78, 5) is 14.3. The zero-order valence-electron chi connectivity index (χ0n) is 11.4. The molecular weight excluding hydrogens is 234 g/mol. The van der Waals surface area contributed by atoms with E-state index in [2.05, 4.69) is 10.2 Å². The van der Waals surface area contributed by atoms with E-state index < -0.39 is 5.41 Å². The lowest BCUT2D eigenvalue weighted by atomic mass is 9.86. The summed E-state index contributed by atoms with van der Waals surface area (Å²) < 4.78 is 0. The summed E-state index contributed by atoms with van der Waals surface area (Å²) in [6.45, 7) is 5.44. The van der Waals surface area contributed by atoms with Crippen LogP contribution in [0.2, 0.25) is 0 Å². The van der Waals surface area contributed by atoms with Gasteiger partial charge in [0.25, 0.3) is 0 Å². The highest BCUT2D eigenvalue weighted by Crippen LogP contribution is 2.21. The minimum Gasteiger partial charge on any atom is -0.392 e. The predicted molar refractivity (Wildman–Crippen MR) is 76.0 cm³/mol. The van der Waals surface area contributed by atoms with E-state index in [9.17, 15) is 4.79 Å². The van der Waals surface area contributed by atoms with Crippen LogP contribution in [0.25, 0.3) is 0 Å². The lowest BCUT2D eigenvalue weighted by molar-refractivity contribution is -0.126. The van der Waals surface area contributed by atoms with Crippen LogP contribution in [0.3, 0.4) is 0 Å². The zero-order chi connectivity index (χ0) is 13.5. The average molecular weight is 259 g/mol.